The van der Waals surface area contributed by atoms with Crippen LogP contribution < -0.4 is 5.32 Å². The topological polar surface area (TPSA) is 63.6 Å². The molecule has 0 spiro atoms. The fourth-order valence-corrected chi connectivity index (χ4v) is 2.19. The molecule has 0 saturated carbocycles. The van der Waals surface area contributed by atoms with Gasteiger partial charge < -0.3 is 5.32 Å². The Labute approximate surface area is 137 Å². The number of aromatic nitrogens is 4. The maximum atomic E-state index is 6.11. The molecule has 3 rings (SSSR count). The number of nitrogens with zero attached hydrogens (tertiary/aromatic N) is 4. The second-order valence-electron chi connectivity index (χ2n) is 4.59. The van der Waals surface area contributed by atoms with Crippen LogP contribution in [0.25, 0.3) is 11.4 Å². The molecule has 0 saturated heterocycles. The van der Waals surface area contributed by atoms with Gasteiger partial charge in [-0.15, -0.1) is 0 Å². The Kier molecular flexibility index (Phi) is 4.18. The lowest BCUT2D eigenvalue weighted by Gasteiger charge is -2.07. The molecule has 0 unspecified atom stereocenters. The van der Waals surface area contributed by atoms with Crippen molar-refractivity contribution in [1.82, 2.24) is 19.9 Å². The number of pyridine rings is 1. The molecule has 7 heteroatoms. The molecule has 0 fully saturated rings. The Bertz CT molecular complexity index is 823. The first kappa shape index (κ1) is 14.7. The zero-order valence-electron chi connectivity index (χ0n) is 11.6. The van der Waals surface area contributed by atoms with E-state index in [9.17, 15) is 0 Å². The Morgan fingerprint density at radius 2 is 1.86 bits per heavy atom. The molecule has 3 aromatic rings. The Morgan fingerprint density at radius 1 is 1.00 bits per heavy atom. The van der Waals surface area contributed by atoms with Crippen molar-refractivity contribution < 1.29 is 0 Å². The summed E-state index contributed by atoms with van der Waals surface area (Å²) >= 11 is 12.0. The lowest BCUT2D eigenvalue weighted by molar-refractivity contribution is 1.06. The Morgan fingerprint density at radius 3 is 2.64 bits per heavy atom. The molecule has 2 aromatic heterocycles. The van der Waals surface area contributed by atoms with Crippen molar-refractivity contribution in [2.45, 2.75) is 6.92 Å². The van der Waals surface area contributed by atoms with Gasteiger partial charge in [0.2, 0.25) is 5.95 Å². The zero-order chi connectivity index (χ0) is 15.5. The van der Waals surface area contributed by atoms with Crippen LogP contribution in [0.3, 0.4) is 0 Å². The van der Waals surface area contributed by atoms with E-state index in [1.54, 1.807) is 18.3 Å². The average molecular weight is 332 g/mol. The molecule has 22 heavy (non-hydrogen) atoms. The number of hydrogen-bond donors (Lipinski definition) is 1. The molecule has 0 atom stereocenters. The van der Waals surface area contributed by atoms with Crippen LogP contribution in [-0.2, 0) is 0 Å². The highest BCUT2D eigenvalue weighted by atomic mass is 35.5. The highest BCUT2D eigenvalue weighted by molar-refractivity contribution is 6.31. The summed E-state index contributed by atoms with van der Waals surface area (Å²) in [5.41, 5.74) is 2.59. The van der Waals surface area contributed by atoms with Gasteiger partial charge >= 0.3 is 0 Å². The molecule has 0 amide bonds. The van der Waals surface area contributed by atoms with Gasteiger partial charge in [-0.1, -0.05) is 29.3 Å². The van der Waals surface area contributed by atoms with Crippen LogP contribution in [0.4, 0.5) is 11.6 Å². The molecule has 110 valence electrons. The number of halogens is 2. The molecule has 0 aliphatic rings. The predicted octanol–water partition coefficient (Wildman–Crippen LogP) is 4.29. The summed E-state index contributed by atoms with van der Waals surface area (Å²) in [4.78, 5) is 16.6. The van der Waals surface area contributed by atoms with Crippen LogP contribution in [0, 0.1) is 6.92 Å². The third kappa shape index (κ3) is 3.32. The van der Waals surface area contributed by atoms with Gasteiger partial charge in [-0.2, -0.15) is 4.98 Å². The minimum absolute atomic E-state index is 0.387. The van der Waals surface area contributed by atoms with E-state index in [0.717, 1.165) is 16.8 Å². The van der Waals surface area contributed by atoms with E-state index in [-0.39, 0.29) is 0 Å². The van der Waals surface area contributed by atoms with Gasteiger partial charge in [-0.3, -0.25) is 0 Å². The van der Waals surface area contributed by atoms with Crippen molar-refractivity contribution in [3.63, 3.8) is 0 Å². The summed E-state index contributed by atoms with van der Waals surface area (Å²) in [5, 5.41) is 4.17. The monoisotopic (exact) mass is 331 g/mol. The molecule has 5 nitrogen and oxygen atoms in total. The summed E-state index contributed by atoms with van der Waals surface area (Å²) < 4.78 is 0. The first-order valence-electron chi connectivity index (χ1n) is 6.46. The minimum atomic E-state index is 0.387. The molecular weight excluding hydrogens is 321 g/mol. The molecule has 0 aliphatic heterocycles. The van der Waals surface area contributed by atoms with E-state index >= 15 is 0 Å². The quantitative estimate of drug-likeness (QED) is 0.725. The fourth-order valence-electron chi connectivity index (χ4n) is 1.84. The molecule has 1 aromatic carbocycles. The minimum Gasteiger partial charge on any atom is -0.324 e. The summed E-state index contributed by atoms with van der Waals surface area (Å²) in [6.07, 6.45) is 3.04. The largest absolute Gasteiger partial charge is 0.324 e. The maximum Gasteiger partial charge on any atom is 0.230 e. The van der Waals surface area contributed by atoms with Gasteiger partial charge in [0.25, 0.3) is 0 Å². The number of anilines is 2. The summed E-state index contributed by atoms with van der Waals surface area (Å²) in [6.45, 7) is 1.94. The number of benzene rings is 1. The second-order valence-corrected chi connectivity index (χ2v) is 5.38. The number of aryl methyl sites for hydroxylation is 1. The lowest BCUT2D eigenvalue weighted by Crippen LogP contribution is -2.00. The summed E-state index contributed by atoms with van der Waals surface area (Å²) in [7, 11) is 0. The SMILES string of the molecule is Cc1ccc(Nc2ncnc(-c3ccnc(Cl)c3)n2)cc1Cl. The van der Waals surface area contributed by atoms with Crippen LogP contribution in [0.2, 0.25) is 10.2 Å². The standard InChI is InChI=1S/C15H11Cl2N5/c1-9-2-3-11(7-12(9)16)21-15-20-8-19-14(22-15)10-4-5-18-13(17)6-10/h2-8H,1H3,(H,19,20,21,22). The van der Waals surface area contributed by atoms with Gasteiger partial charge in [0.1, 0.15) is 11.5 Å². The average Bonchev–Trinajstić information content (AvgIpc) is 2.51. The van der Waals surface area contributed by atoms with E-state index in [1.165, 1.54) is 6.33 Å². The van der Waals surface area contributed by atoms with Crippen molar-refractivity contribution in [2.24, 2.45) is 0 Å². The first-order valence-corrected chi connectivity index (χ1v) is 7.21. The van der Waals surface area contributed by atoms with Gasteiger partial charge in [0.05, 0.1) is 0 Å². The number of rotatable bonds is 3. The summed E-state index contributed by atoms with van der Waals surface area (Å²) in [6, 6.07) is 9.14. The number of hydrogen-bond acceptors (Lipinski definition) is 5. The molecule has 0 bridgehead atoms. The van der Waals surface area contributed by atoms with Crippen molar-refractivity contribution in [2.75, 3.05) is 5.32 Å². The van der Waals surface area contributed by atoms with E-state index in [4.69, 9.17) is 23.2 Å². The Balaban J connectivity index is 1.89. The fraction of sp³-hybridized carbons (Fsp3) is 0.0667. The highest BCUT2D eigenvalue weighted by Crippen LogP contribution is 2.23. The molecule has 0 radical (unpaired) electrons. The van der Waals surface area contributed by atoms with Gasteiger partial charge in [-0.05, 0) is 36.8 Å². The van der Waals surface area contributed by atoms with Gasteiger partial charge in [0.15, 0.2) is 5.82 Å². The van der Waals surface area contributed by atoms with E-state index < -0.39 is 0 Å². The second kappa shape index (κ2) is 6.25. The zero-order valence-corrected chi connectivity index (χ0v) is 13.1. The predicted molar refractivity (Wildman–Crippen MR) is 87.5 cm³/mol. The van der Waals surface area contributed by atoms with Crippen LogP contribution in [0.1, 0.15) is 5.56 Å². The van der Waals surface area contributed by atoms with Crippen molar-refractivity contribution in [3.8, 4) is 11.4 Å². The van der Waals surface area contributed by atoms with Crippen molar-refractivity contribution in [3.05, 3.63) is 58.6 Å². The first-order chi connectivity index (χ1) is 10.6. The van der Waals surface area contributed by atoms with Crippen molar-refractivity contribution in [1.29, 1.82) is 0 Å². The molecule has 1 N–H and O–H groups in total. The van der Waals surface area contributed by atoms with Crippen LogP contribution in [0.15, 0.2) is 42.9 Å². The smallest absolute Gasteiger partial charge is 0.230 e. The highest BCUT2D eigenvalue weighted by Gasteiger charge is 2.06. The lowest BCUT2D eigenvalue weighted by atomic mass is 10.2. The summed E-state index contributed by atoms with van der Waals surface area (Å²) in [5.74, 6) is 0.942. The van der Waals surface area contributed by atoms with E-state index in [1.807, 2.05) is 25.1 Å². The van der Waals surface area contributed by atoms with E-state index in [2.05, 4.69) is 25.3 Å². The normalized spacial score (nSPS) is 10.5. The van der Waals surface area contributed by atoms with Crippen LogP contribution >= 0.6 is 23.2 Å². The third-order valence-electron chi connectivity index (χ3n) is 2.98. The molecule has 2 heterocycles. The van der Waals surface area contributed by atoms with Gasteiger partial charge in [-0.25, -0.2) is 15.0 Å². The molecule has 0 aliphatic carbocycles. The Hall–Kier alpha value is -2.24. The van der Waals surface area contributed by atoms with Crippen LogP contribution in [0.5, 0.6) is 0 Å². The van der Waals surface area contributed by atoms with Crippen molar-refractivity contribution >= 4 is 34.8 Å². The maximum absolute atomic E-state index is 6.11. The van der Waals surface area contributed by atoms with Gasteiger partial charge in [0, 0.05) is 22.5 Å². The third-order valence-corrected chi connectivity index (χ3v) is 3.60. The van der Waals surface area contributed by atoms with Crippen LogP contribution in [-0.4, -0.2) is 19.9 Å². The number of nitrogens with one attached hydrogen (secondary N) is 1. The van der Waals surface area contributed by atoms with E-state index in [0.29, 0.717) is 21.9 Å². The molecular formula is C15H11Cl2N5.